The molecule has 20 heavy (non-hydrogen) atoms. The van der Waals surface area contributed by atoms with E-state index in [1.165, 1.54) is 10.5 Å². The standard InChI is InChI=1S/C17H22FNSi/c1-13(2)20(14(3)4,17-7-5-6-12-19-17)16-10-8-15(18)9-11-16/h5-14H,1-4H3. The molecule has 1 nitrogen and oxygen atoms in total. The minimum absolute atomic E-state index is 0.176. The number of aromatic nitrogens is 1. The van der Waals surface area contributed by atoms with Crippen LogP contribution in [-0.2, 0) is 0 Å². The summed E-state index contributed by atoms with van der Waals surface area (Å²) in [6, 6.07) is 13.2. The topological polar surface area (TPSA) is 12.9 Å². The Morgan fingerprint density at radius 2 is 1.50 bits per heavy atom. The zero-order valence-electron chi connectivity index (χ0n) is 12.6. The van der Waals surface area contributed by atoms with Crippen molar-refractivity contribution in [2.45, 2.75) is 38.8 Å². The summed E-state index contributed by atoms with van der Waals surface area (Å²) < 4.78 is 13.3. The van der Waals surface area contributed by atoms with Crippen LogP contribution in [0.4, 0.5) is 4.39 Å². The molecule has 0 fully saturated rings. The number of hydrogen-bond donors (Lipinski definition) is 0. The molecule has 2 aromatic rings. The minimum atomic E-state index is -2.00. The summed E-state index contributed by atoms with van der Waals surface area (Å²) in [7, 11) is -2.00. The summed E-state index contributed by atoms with van der Waals surface area (Å²) >= 11 is 0. The molecule has 106 valence electrons. The Morgan fingerprint density at radius 1 is 0.900 bits per heavy atom. The predicted molar refractivity (Wildman–Crippen MR) is 85.9 cm³/mol. The molecule has 0 aliphatic carbocycles. The predicted octanol–water partition coefficient (Wildman–Crippen LogP) is 3.60. The fraction of sp³-hybridized carbons (Fsp3) is 0.353. The molecule has 0 bridgehead atoms. The first-order valence-corrected chi connectivity index (χ1v) is 9.32. The molecule has 1 aromatic carbocycles. The van der Waals surface area contributed by atoms with Gasteiger partial charge in [-0.1, -0.05) is 51.1 Å². The molecule has 1 heterocycles. The van der Waals surface area contributed by atoms with E-state index in [2.05, 4.69) is 44.8 Å². The summed E-state index contributed by atoms with van der Waals surface area (Å²) in [6.07, 6.45) is 1.87. The third kappa shape index (κ3) is 2.42. The third-order valence-corrected chi connectivity index (χ3v) is 10.3. The summed E-state index contributed by atoms with van der Waals surface area (Å²) in [6.45, 7) is 9.07. The van der Waals surface area contributed by atoms with E-state index in [1.807, 2.05) is 24.4 Å². The number of pyridine rings is 1. The van der Waals surface area contributed by atoms with Crippen molar-refractivity contribution in [1.82, 2.24) is 4.98 Å². The zero-order valence-corrected chi connectivity index (χ0v) is 13.6. The van der Waals surface area contributed by atoms with Gasteiger partial charge >= 0.3 is 0 Å². The van der Waals surface area contributed by atoms with Gasteiger partial charge in [0.1, 0.15) is 13.9 Å². The maximum atomic E-state index is 13.3. The van der Waals surface area contributed by atoms with Crippen LogP contribution in [0.15, 0.2) is 48.7 Å². The number of rotatable bonds is 4. The van der Waals surface area contributed by atoms with Gasteiger partial charge in [0.05, 0.1) is 0 Å². The van der Waals surface area contributed by atoms with Gasteiger partial charge in [-0.05, 0) is 35.3 Å². The highest BCUT2D eigenvalue weighted by Crippen LogP contribution is 2.31. The van der Waals surface area contributed by atoms with Crippen molar-refractivity contribution in [3.8, 4) is 0 Å². The molecule has 0 aliphatic heterocycles. The molecule has 0 radical (unpaired) electrons. The second kappa shape index (κ2) is 5.88. The molecule has 0 amide bonds. The Bertz CT molecular complexity index is 541. The van der Waals surface area contributed by atoms with Gasteiger partial charge in [-0.3, -0.25) is 4.98 Å². The molecule has 0 atom stereocenters. The number of benzene rings is 1. The molecule has 0 saturated carbocycles. The van der Waals surface area contributed by atoms with Crippen molar-refractivity contribution in [2.24, 2.45) is 0 Å². The van der Waals surface area contributed by atoms with E-state index in [0.29, 0.717) is 11.1 Å². The highest BCUT2D eigenvalue weighted by Gasteiger charge is 2.44. The van der Waals surface area contributed by atoms with Crippen molar-refractivity contribution >= 4 is 18.6 Å². The first kappa shape index (κ1) is 14.9. The summed E-state index contributed by atoms with van der Waals surface area (Å²) in [5.74, 6) is -0.176. The zero-order chi connectivity index (χ0) is 14.8. The smallest absolute Gasteiger partial charge is 0.146 e. The van der Waals surface area contributed by atoms with Crippen LogP contribution in [0.2, 0.25) is 11.1 Å². The highest BCUT2D eigenvalue weighted by atomic mass is 28.3. The van der Waals surface area contributed by atoms with Gasteiger partial charge in [0.15, 0.2) is 0 Å². The lowest BCUT2D eigenvalue weighted by Gasteiger charge is -2.39. The lowest BCUT2D eigenvalue weighted by atomic mass is 10.3. The highest BCUT2D eigenvalue weighted by molar-refractivity contribution is 7.03. The van der Waals surface area contributed by atoms with Crippen LogP contribution in [0.1, 0.15) is 27.7 Å². The SMILES string of the molecule is CC(C)[Si](c1ccc(F)cc1)(c1ccccn1)C(C)C. The Balaban J connectivity index is 2.69. The Labute approximate surface area is 121 Å². The minimum Gasteiger partial charge on any atom is -0.266 e. The van der Waals surface area contributed by atoms with Crippen LogP contribution in [0, 0.1) is 5.82 Å². The largest absolute Gasteiger partial charge is 0.266 e. The van der Waals surface area contributed by atoms with Crippen LogP contribution in [0.5, 0.6) is 0 Å². The van der Waals surface area contributed by atoms with E-state index < -0.39 is 8.07 Å². The second-order valence-electron chi connectivity index (χ2n) is 5.90. The number of halogens is 1. The van der Waals surface area contributed by atoms with E-state index in [1.54, 1.807) is 12.1 Å². The maximum Gasteiger partial charge on any atom is 0.146 e. The molecule has 0 saturated heterocycles. The monoisotopic (exact) mass is 287 g/mol. The van der Waals surface area contributed by atoms with Crippen LogP contribution in [0.3, 0.4) is 0 Å². The van der Waals surface area contributed by atoms with Crippen molar-refractivity contribution in [3.63, 3.8) is 0 Å². The Kier molecular flexibility index (Phi) is 4.38. The normalized spacial score (nSPS) is 12.2. The van der Waals surface area contributed by atoms with Crippen LogP contribution < -0.4 is 10.5 Å². The molecule has 1 aromatic heterocycles. The van der Waals surface area contributed by atoms with E-state index in [9.17, 15) is 4.39 Å². The van der Waals surface area contributed by atoms with E-state index in [-0.39, 0.29) is 5.82 Å². The van der Waals surface area contributed by atoms with Gasteiger partial charge in [-0.15, -0.1) is 0 Å². The maximum absolute atomic E-state index is 13.3. The molecular formula is C17H22FNSi. The average molecular weight is 287 g/mol. The lowest BCUT2D eigenvalue weighted by Crippen LogP contribution is -2.63. The Hall–Kier alpha value is -1.48. The van der Waals surface area contributed by atoms with Crippen molar-refractivity contribution in [1.29, 1.82) is 0 Å². The average Bonchev–Trinajstić information content (AvgIpc) is 2.42. The van der Waals surface area contributed by atoms with Crippen molar-refractivity contribution in [2.75, 3.05) is 0 Å². The molecule has 3 heteroatoms. The van der Waals surface area contributed by atoms with Gasteiger partial charge in [0.2, 0.25) is 0 Å². The fourth-order valence-corrected chi connectivity index (χ4v) is 8.93. The van der Waals surface area contributed by atoms with Crippen LogP contribution in [0.25, 0.3) is 0 Å². The summed E-state index contributed by atoms with van der Waals surface area (Å²) in [5, 5.41) is 2.46. The summed E-state index contributed by atoms with van der Waals surface area (Å²) in [4.78, 5) is 4.66. The first-order valence-electron chi connectivity index (χ1n) is 7.17. The first-order chi connectivity index (χ1) is 9.49. The molecule has 2 rings (SSSR count). The van der Waals surface area contributed by atoms with Crippen LogP contribution >= 0.6 is 0 Å². The number of nitrogens with zero attached hydrogens (tertiary/aromatic N) is 1. The quantitative estimate of drug-likeness (QED) is 0.783. The number of hydrogen-bond acceptors (Lipinski definition) is 1. The van der Waals surface area contributed by atoms with Gasteiger partial charge in [0, 0.05) is 11.5 Å². The van der Waals surface area contributed by atoms with Crippen LogP contribution in [-0.4, -0.2) is 13.1 Å². The fourth-order valence-electron chi connectivity index (χ4n) is 3.41. The Morgan fingerprint density at radius 3 is 1.95 bits per heavy atom. The lowest BCUT2D eigenvalue weighted by molar-refractivity contribution is 0.628. The van der Waals surface area contributed by atoms with Gasteiger partial charge in [-0.25, -0.2) is 4.39 Å². The molecule has 0 N–H and O–H groups in total. The summed E-state index contributed by atoms with van der Waals surface area (Å²) in [5.41, 5.74) is 1.01. The van der Waals surface area contributed by atoms with Gasteiger partial charge in [-0.2, -0.15) is 0 Å². The van der Waals surface area contributed by atoms with E-state index in [4.69, 9.17) is 0 Å². The molecular weight excluding hydrogens is 265 g/mol. The van der Waals surface area contributed by atoms with E-state index in [0.717, 1.165) is 0 Å². The van der Waals surface area contributed by atoms with Gasteiger partial charge in [0.25, 0.3) is 0 Å². The van der Waals surface area contributed by atoms with E-state index >= 15 is 0 Å². The molecule has 0 aliphatic rings. The molecule has 0 spiro atoms. The second-order valence-corrected chi connectivity index (χ2v) is 11.0. The van der Waals surface area contributed by atoms with Crippen molar-refractivity contribution in [3.05, 3.63) is 54.5 Å². The third-order valence-electron chi connectivity index (χ3n) is 4.23. The van der Waals surface area contributed by atoms with Gasteiger partial charge < -0.3 is 0 Å². The molecule has 0 unspecified atom stereocenters. The van der Waals surface area contributed by atoms with Crippen molar-refractivity contribution < 1.29 is 4.39 Å².